The van der Waals surface area contributed by atoms with Crippen LogP contribution in [0.2, 0.25) is 0 Å². The standard InChI is InChI=1S/C31H28N2O9S2/c1-19(34)40-16-22-18-44-30-31(29(39)33(30)26(22)28(37)38,32-24(35)15-23-13-8-14-43-23)41-17-25(36)42-27(20-9-4-2-5-10-20)21-11-6-3-7-12-21/h2-14,27,30H,15-18H2,1H3,(H,32,35)(H,37,38)/t30-,31?/m1/s1. The van der Waals surface area contributed by atoms with Crippen LogP contribution in [-0.4, -0.2) is 69.8 Å². The van der Waals surface area contributed by atoms with Crippen molar-refractivity contribution in [3.63, 3.8) is 0 Å². The molecule has 0 radical (unpaired) electrons. The van der Waals surface area contributed by atoms with Crippen LogP contribution in [-0.2, 0) is 44.6 Å². The number of aliphatic carboxylic acids is 1. The van der Waals surface area contributed by atoms with Gasteiger partial charge in [0.25, 0.3) is 11.6 Å². The number of carbonyl (C=O) groups is 5. The average Bonchev–Trinajstić information content (AvgIpc) is 3.53. The average molecular weight is 637 g/mol. The SMILES string of the molecule is CC(=O)OCC1=C(C(=O)O)N2C(=O)C(NC(=O)Cc3cccs3)(OCC(=O)OC(c3ccccc3)c3ccccc3)[C@H]2SC1. The lowest BCUT2D eigenvalue weighted by atomic mass is 9.97. The Hall–Kier alpha value is -4.46. The van der Waals surface area contributed by atoms with Gasteiger partial charge in [-0.2, -0.15) is 0 Å². The van der Waals surface area contributed by atoms with Crippen molar-refractivity contribution in [2.75, 3.05) is 19.0 Å². The Morgan fingerprint density at radius 2 is 1.68 bits per heavy atom. The minimum atomic E-state index is -2.04. The molecular formula is C31H28N2O9S2. The van der Waals surface area contributed by atoms with Gasteiger partial charge in [0.1, 0.15) is 24.3 Å². The van der Waals surface area contributed by atoms with E-state index in [2.05, 4.69) is 5.32 Å². The highest BCUT2D eigenvalue weighted by atomic mass is 32.2. The van der Waals surface area contributed by atoms with E-state index in [0.717, 1.165) is 32.7 Å². The summed E-state index contributed by atoms with van der Waals surface area (Å²) in [6.07, 6.45) is -0.817. The zero-order valence-corrected chi connectivity index (χ0v) is 25.1. The van der Waals surface area contributed by atoms with E-state index in [1.54, 1.807) is 12.1 Å². The molecule has 2 amide bonds. The Balaban J connectivity index is 1.39. The van der Waals surface area contributed by atoms with Gasteiger partial charge in [-0.15, -0.1) is 23.1 Å². The lowest BCUT2D eigenvalue weighted by Gasteiger charge is -2.56. The zero-order chi connectivity index (χ0) is 31.3. The molecule has 3 aromatic rings. The van der Waals surface area contributed by atoms with E-state index in [-0.39, 0.29) is 30.1 Å². The lowest BCUT2D eigenvalue weighted by Crippen LogP contribution is -2.81. The molecular weight excluding hydrogens is 608 g/mol. The molecule has 2 aromatic carbocycles. The Morgan fingerprint density at radius 3 is 2.25 bits per heavy atom. The quantitative estimate of drug-likeness (QED) is 0.172. The highest BCUT2D eigenvalue weighted by molar-refractivity contribution is 8.00. The summed E-state index contributed by atoms with van der Waals surface area (Å²) in [5.74, 6) is -4.16. The zero-order valence-electron chi connectivity index (χ0n) is 23.5. The van der Waals surface area contributed by atoms with Crippen molar-refractivity contribution in [2.45, 2.75) is 30.5 Å². The number of hydrogen-bond acceptors (Lipinski definition) is 10. The second-order valence-electron chi connectivity index (χ2n) is 9.90. The van der Waals surface area contributed by atoms with E-state index in [1.165, 1.54) is 18.3 Å². The van der Waals surface area contributed by atoms with E-state index in [1.807, 2.05) is 66.0 Å². The summed E-state index contributed by atoms with van der Waals surface area (Å²) in [5.41, 5.74) is -0.746. The van der Waals surface area contributed by atoms with Gasteiger partial charge in [-0.05, 0) is 22.6 Å². The first-order valence-corrected chi connectivity index (χ1v) is 15.4. The van der Waals surface area contributed by atoms with Crippen molar-refractivity contribution in [3.05, 3.63) is 105 Å². The number of carbonyl (C=O) groups excluding carboxylic acids is 4. The molecule has 5 rings (SSSR count). The third kappa shape index (κ3) is 6.54. The van der Waals surface area contributed by atoms with Crippen LogP contribution in [0.25, 0.3) is 0 Å². The molecule has 1 saturated heterocycles. The summed E-state index contributed by atoms with van der Waals surface area (Å²) in [5, 5.41) is 13.4. The van der Waals surface area contributed by atoms with Gasteiger partial charge in [0, 0.05) is 23.1 Å². The van der Waals surface area contributed by atoms with E-state index in [9.17, 15) is 29.1 Å². The molecule has 2 atom stereocenters. The van der Waals surface area contributed by atoms with Crippen molar-refractivity contribution in [1.29, 1.82) is 0 Å². The predicted molar refractivity (Wildman–Crippen MR) is 160 cm³/mol. The molecule has 13 heteroatoms. The first-order chi connectivity index (χ1) is 21.2. The van der Waals surface area contributed by atoms with Crippen molar-refractivity contribution in [2.24, 2.45) is 0 Å². The first-order valence-electron chi connectivity index (χ1n) is 13.5. The van der Waals surface area contributed by atoms with E-state index >= 15 is 0 Å². The molecule has 44 heavy (non-hydrogen) atoms. The number of carboxylic acid groups (broad SMARTS) is 1. The number of thioether (sulfide) groups is 1. The smallest absolute Gasteiger partial charge is 0.352 e. The van der Waals surface area contributed by atoms with E-state index in [4.69, 9.17) is 14.2 Å². The summed E-state index contributed by atoms with van der Waals surface area (Å²) in [4.78, 5) is 65.4. The van der Waals surface area contributed by atoms with Gasteiger partial charge in [-0.1, -0.05) is 66.7 Å². The Bertz CT molecular complexity index is 1540. The fourth-order valence-electron chi connectivity index (χ4n) is 4.92. The van der Waals surface area contributed by atoms with Gasteiger partial charge >= 0.3 is 17.9 Å². The maximum Gasteiger partial charge on any atom is 0.352 e. The summed E-state index contributed by atoms with van der Waals surface area (Å²) >= 11 is 2.47. The number of ether oxygens (including phenoxy) is 3. The number of thiophene rings is 1. The highest BCUT2D eigenvalue weighted by Gasteiger charge is 2.67. The monoisotopic (exact) mass is 636 g/mol. The molecule has 0 bridgehead atoms. The summed E-state index contributed by atoms with van der Waals surface area (Å²) in [7, 11) is 0. The third-order valence-corrected chi connectivity index (χ3v) is 9.12. The maximum absolute atomic E-state index is 13.8. The molecule has 228 valence electrons. The number of amides is 2. The summed E-state index contributed by atoms with van der Waals surface area (Å²) < 4.78 is 16.7. The third-order valence-electron chi connectivity index (χ3n) is 6.87. The van der Waals surface area contributed by atoms with Crippen molar-refractivity contribution < 1.29 is 43.3 Å². The number of esters is 2. The van der Waals surface area contributed by atoms with Gasteiger partial charge in [0.15, 0.2) is 6.10 Å². The largest absolute Gasteiger partial charge is 0.477 e. The number of fused-ring (bicyclic) bond motifs is 1. The highest BCUT2D eigenvalue weighted by Crippen LogP contribution is 2.47. The van der Waals surface area contributed by atoms with Gasteiger partial charge in [-0.3, -0.25) is 19.3 Å². The second kappa shape index (κ2) is 13.5. The predicted octanol–water partition coefficient (Wildman–Crippen LogP) is 3.27. The van der Waals surface area contributed by atoms with Crippen LogP contribution < -0.4 is 5.32 Å². The second-order valence-corrected chi connectivity index (χ2v) is 12.0. The minimum absolute atomic E-state index is 0.0543. The van der Waals surface area contributed by atoms with Crippen LogP contribution in [0.1, 0.15) is 29.0 Å². The fraction of sp³-hybridized carbons (Fsp3) is 0.258. The van der Waals surface area contributed by atoms with E-state index < -0.39 is 53.5 Å². The molecule has 2 N–H and O–H groups in total. The number of rotatable bonds is 12. The topological polar surface area (TPSA) is 149 Å². The van der Waals surface area contributed by atoms with Crippen LogP contribution in [0, 0.1) is 0 Å². The van der Waals surface area contributed by atoms with Gasteiger partial charge in [0.05, 0.1) is 6.42 Å². The Morgan fingerprint density at radius 1 is 1.02 bits per heavy atom. The van der Waals surface area contributed by atoms with Crippen LogP contribution in [0.15, 0.2) is 89.4 Å². The Kier molecular flexibility index (Phi) is 9.47. The Labute approximate surface area is 260 Å². The van der Waals surface area contributed by atoms with Crippen molar-refractivity contribution in [3.8, 4) is 0 Å². The van der Waals surface area contributed by atoms with Gasteiger partial charge < -0.3 is 24.6 Å². The molecule has 0 spiro atoms. The summed E-state index contributed by atoms with van der Waals surface area (Å²) in [6, 6.07) is 21.8. The molecule has 0 saturated carbocycles. The summed E-state index contributed by atoms with van der Waals surface area (Å²) in [6.45, 7) is 0.167. The number of β-lactam (4-membered cyclic amide) rings is 1. The van der Waals surface area contributed by atoms with Crippen molar-refractivity contribution in [1.82, 2.24) is 10.2 Å². The number of nitrogens with one attached hydrogen (secondary N) is 1. The normalized spacial score (nSPS) is 19.2. The van der Waals surface area contributed by atoms with Crippen LogP contribution in [0.3, 0.4) is 0 Å². The van der Waals surface area contributed by atoms with Crippen LogP contribution >= 0.6 is 23.1 Å². The van der Waals surface area contributed by atoms with Crippen molar-refractivity contribution >= 4 is 52.8 Å². The number of benzene rings is 2. The molecule has 1 aromatic heterocycles. The van der Waals surface area contributed by atoms with Gasteiger partial charge in [-0.25, -0.2) is 9.59 Å². The van der Waals surface area contributed by atoms with Gasteiger partial charge in [0.2, 0.25) is 5.91 Å². The number of carboxylic acids is 1. The fourth-order valence-corrected chi connectivity index (χ4v) is 7.01. The maximum atomic E-state index is 13.8. The van der Waals surface area contributed by atoms with Crippen LogP contribution in [0.5, 0.6) is 0 Å². The number of hydrogen-bond donors (Lipinski definition) is 2. The molecule has 0 aliphatic carbocycles. The minimum Gasteiger partial charge on any atom is -0.477 e. The molecule has 2 aliphatic rings. The molecule has 3 heterocycles. The molecule has 2 aliphatic heterocycles. The molecule has 1 fully saturated rings. The van der Waals surface area contributed by atoms with Crippen LogP contribution in [0.4, 0.5) is 0 Å². The molecule has 11 nitrogen and oxygen atoms in total. The number of nitrogens with zero attached hydrogens (tertiary/aromatic N) is 1. The lowest BCUT2D eigenvalue weighted by molar-refractivity contribution is -0.203. The van der Waals surface area contributed by atoms with E-state index in [0.29, 0.717) is 0 Å². The first kappa shape index (κ1) is 31.0. The molecule has 1 unspecified atom stereocenters.